The second-order valence-electron chi connectivity index (χ2n) is 6.02. The molecule has 0 saturated carbocycles. The molecule has 2 fully saturated rings. The van der Waals surface area contributed by atoms with Crippen LogP contribution in [-0.2, 0) is 6.54 Å². The van der Waals surface area contributed by atoms with Crippen LogP contribution in [0.2, 0.25) is 0 Å². The van der Waals surface area contributed by atoms with Gasteiger partial charge >= 0.3 is 0 Å². The Balaban J connectivity index is 1.53. The number of hydrogen-bond donors (Lipinski definition) is 1. The van der Waals surface area contributed by atoms with E-state index in [2.05, 4.69) is 10.2 Å². The molecule has 0 radical (unpaired) electrons. The lowest BCUT2D eigenvalue weighted by Gasteiger charge is -2.35. The van der Waals surface area contributed by atoms with Crippen LogP contribution in [0.15, 0.2) is 18.2 Å². The van der Waals surface area contributed by atoms with E-state index >= 15 is 0 Å². The fourth-order valence-electron chi connectivity index (χ4n) is 3.42. The van der Waals surface area contributed by atoms with Gasteiger partial charge in [-0.1, -0.05) is 12.1 Å². The highest BCUT2D eigenvalue weighted by atomic mass is 19.1. The molecule has 3 rings (SSSR count). The third-order valence-electron chi connectivity index (χ3n) is 4.65. The first-order chi connectivity index (χ1) is 9.22. The van der Waals surface area contributed by atoms with Gasteiger partial charge in [0.25, 0.3) is 0 Å². The molecule has 2 saturated heterocycles. The van der Waals surface area contributed by atoms with Crippen molar-refractivity contribution in [2.24, 2.45) is 0 Å². The van der Waals surface area contributed by atoms with Gasteiger partial charge in [-0.15, -0.1) is 0 Å². The largest absolute Gasteiger partial charge is 0.310 e. The normalized spacial score (nSPS) is 27.5. The van der Waals surface area contributed by atoms with Gasteiger partial charge in [0.05, 0.1) is 0 Å². The maximum Gasteiger partial charge on any atom is 0.126 e. The molecule has 0 aliphatic carbocycles. The summed E-state index contributed by atoms with van der Waals surface area (Å²) < 4.78 is 13.5. The van der Waals surface area contributed by atoms with Gasteiger partial charge in [0, 0.05) is 18.6 Å². The van der Waals surface area contributed by atoms with Crippen molar-refractivity contribution in [1.82, 2.24) is 10.2 Å². The zero-order valence-electron chi connectivity index (χ0n) is 11.7. The topological polar surface area (TPSA) is 15.3 Å². The molecule has 1 N–H and O–H groups in total. The van der Waals surface area contributed by atoms with Crippen LogP contribution in [0.25, 0.3) is 0 Å². The number of halogens is 1. The highest BCUT2D eigenvalue weighted by molar-refractivity contribution is 5.23. The molecule has 0 amide bonds. The van der Waals surface area contributed by atoms with Crippen molar-refractivity contribution in [3.63, 3.8) is 0 Å². The fraction of sp³-hybridized carbons (Fsp3) is 0.625. The summed E-state index contributed by atoms with van der Waals surface area (Å²) in [5, 5.41) is 3.60. The van der Waals surface area contributed by atoms with E-state index in [0.717, 1.165) is 23.7 Å². The molecular formula is C16H23FN2. The van der Waals surface area contributed by atoms with Gasteiger partial charge in [0.1, 0.15) is 5.82 Å². The third-order valence-corrected chi connectivity index (χ3v) is 4.65. The second-order valence-corrected chi connectivity index (χ2v) is 6.02. The Kier molecular flexibility index (Phi) is 3.85. The summed E-state index contributed by atoms with van der Waals surface area (Å²) in [7, 11) is 0. The van der Waals surface area contributed by atoms with Crippen molar-refractivity contribution < 1.29 is 4.39 Å². The Labute approximate surface area is 115 Å². The van der Waals surface area contributed by atoms with E-state index in [1.807, 2.05) is 19.1 Å². The van der Waals surface area contributed by atoms with Gasteiger partial charge in [0.2, 0.25) is 0 Å². The Bertz CT molecular complexity index is 446. The molecule has 1 aromatic rings. The zero-order chi connectivity index (χ0) is 13.2. The molecule has 2 unspecified atom stereocenters. The molecule has 19 heavy (non-hydrogen) atoms. The molecule has 2 aliphatic heterocycles. The highest BCUT2D eigenvalue weighted by Gasteiger charge is 2.31. The third kappa shape index (κ3) is 2.98. The Morgan fingerprint density at radius 1 is 1.32 bits per heavy atom. The summed E-state index contributed by atoms with van der Waals surface area (Å²) in [6.07, 6.45) is 5.21. The van der Waals surface area contributed by atoms with E-state index in [1.165, 1.54) is 38.8 Å². The van der Waals surface area contributed by atoms with Crippen molar-refractivity contribution in [3.05, 3.63) is 35.1 Å². The lowest BCUT2D eigenvalue weighted by atomic mass is 9.97. The molecule has 0 spiro atoms. The first-order valence-electron chi connectivity index (χ1n) is 7.45. The predicted octanol–water partition coefficient (Wildman–Crippen LogP) is 2.85. The number of benzene rings is 1. The molecule has 2 nitrogen and oxygen atoms in total. The fourth-order valence-corrected chi connectivity index (χ4v) is 3.42. The van der Waals surface area contributed by atoms with E-state index in [1.54, 1.807) is 6.07 Å². The average Bonchev–Trinajstić information content (AvgIpc) is 2.87. The van der Waals surface area contributed by atoms with Crippen LogP contribution in [0.1, 0.15) is 36.8 Å². The van der Waals surface area contributed by atoms with E-state index < -0.39 is 0 Å². The standard InChI is InChI=1S/C16H23FN2/c1-12-4-5-13(9-16(12)17)11-18-14-6-8-19-7-2-3-15(19)10-14/h4-5,9,14-15,18H,2-3,6-8,10-11H2,1H3. The number of piperidine rings is 1. The minimum Gasteiger partial charge on any atom is -0.310 e. The first kappa shape index (κ1) is 13.1. The maximum atomic E-state index is 13.5. The van der Waals surface area contributed by atoms with Gasteiger partial charge in [-0.05, 0) is 62.9 Å². The molecule has 0 bridgehead atoms. The summed E-state index contributed by atoms with van der Waals surface area (Å²) in [6, 6.07) is 6.94. The predicted molar refractivity (Wildman–Crippen MR) is 75.6 cm³/mol. The molecule has 1 aromatic carbocycles. The molecular weight excluding hydrogens is 239 g/mol. The average molecular weight is 262 g/mol. The van der Waals surface area contributed by atoms with Crippen LogP contribution in [0.3, 0.4) is 0 Å². The van der Waals surface area contributed by atoms with E-state index in [0.29, 0.717) is 6.04 Å². The molecule has 2 heterocycles. The molecule has 3 heteroatoms. The first-order valence-corrected chi connectivity index (χ1v) is 7.45. The number of nitrogens with one attached hydrogen (secondary N) is 1. The molecule has 104 valence electrons. The maximum absolute atomic E-state index is 13.5. The van der Waals surface area contributed by atoms with Crippen molar-refractivity contribution in [1.29, 1.82) is 0 Å². The minimum atomic E-state index is -0.0927. The number of rotatable bonds is 3. The summed E-state index contributed by atoms with van der Waals surface area (Å²) in [4.78, 5) is 2.63. The summed E-state index contributed by atoms with van der Waals surface area (Å²) in [6.45, 7) is 5.11. The van der Waals surface area contributed by atoms with E-state index in [9.17, 15) is 4.39 Å². The number of nitrogens with zero attached hydrogens (tertiary/aromatic N) is 1. The van der Waals surface area contributed by atoms with Crippen molar-refractivity contribution in [2.45, 2.75) is 51.2 Å². The van der Waals surface area contributed by atoms with Gasteiger partial charge in [-0.2, -0.15) is 0 Å². The highest BCUT2D eigenvalue weighted by Crippen LogP contribution is 2.27. The van der Waals surface area contributed by atoms with E-state index in [4.69, 9.17) is 0 Å². The Hall–Kier alpha value is -0.930. The number of aryl methyl sites for hydroxylation is 1. The second kappa shape index (κ2) is 5.59. The van der Waals surface area contributed by atoms with Crippen molar-refractivity contribution in [2.75, 3.05) is 13.1 Å². The minimum absolute atomic E-state index is 0.0927. The molecule has 2 atom stereocenters. The molecule has 0 aromatic heterocycles. The number of fused-ring (bicyclic) bond motifs is 1. The quantitative estimate of drug-likeness (QED) is 0.901. The summed E-state index contributed by atoms with van der Waals surface area (Å²) in [5.41, 5.74) is 1.78. The van der Waals surface area contributed by atoms with Gasteiger partial charge in [0.15, 0.2) is 0 Å². The summed E-state index contributed by atoms with van der Waals surface area (Å²) in [5.74, 6) is -0.0927. The molecule has 2 aliphatic rings. The van der Waals surface area contributed by atoms with Crippen LogP contribution in [0.5, 0.6) is 0 Å². The van der Waals surface area contributed by atoms with Crippen LogP contribution in [0, 0.1) is 12.7 Å². The van der Waals surface area contributed by atoms with Crippen LogP contribution in [0.4, 0.5) is 4.39 Å². The van der Waals surface area contributed by atoms with E-state index in [-0.39, 0.29) is 5.82 Å². The van der Waals surface area contributed by atoms with Gasteiger partial charge in [-0.25, -0.2) is 4.39 Å². The number of hydrogen-bond acceptors (Lipinski definition) is 2. The Morgan fingerprint density at radius 3 is 3.05 bits per heavy atom. The van der Waals surface area contributed by atoms with Gasteiger partial charge in [-0.3, -0.25) is 0 Å². The smallest absolute Gasteiger partial charge is 0.126 e. The van der Waals surface area contributed by atoms with Crippen LogP contribution >= 0.6 is 0 Å². The Morgan fingerprint density at radius 2 is 2.21 bits per heavy atom. The monoisotopic (exact) mass is 262 g/mol. The van der Waals surface area contributed by atoms with Crippen molar-refractivity contribution in [3.8, 4) is 0 Å². The SMILES string of the molecule is Cc1ccc(CNC2CCN3CCCC3C2)cc1F. The van der Waals surface area contributed by atoms with Crippen molar-refractivity contribution >= 4 is 0 Å². The lowest BCUT2D eigenvalue weighted by Crippen LogP contribution is -2.45. The summed E-state index contributed by atoms with van der Waals surface area (Å²) >= 11 is 0. The van der Waals surface area contributed by atoms with Crippen LogP contribution in [-0.4, -0.2) is 30.1 Å². The van der Waals surface area contributed by atoms with Gasteiger partial charge < -0.3 is 10.2 Å². The zero-order valence-corrected chi connectivity index (χ0v) is 11.7. The lowest BCUT2D eigenvalue weighted by molar-refractivity contribution is 0.166. The van der Waals surface area contributed by atoms with Crippen LogP contribution < -0.4 is 5.32 Å².